The molecule has 0 spiro atoms. The number of nitrogens with one attached hydrogen (secondary N) is 1. The van der Waals surface area contributed by atoms with Crippen LogP contribution in [-0.2, 0) is 14.9 Å². The van der Waals surface area contributed by atoms with Crippen LogP contribution >= 0.6 is 0 Å². The summed E-state index contributed by atoms with van der Waals surface area (Å²) in [4.78, 5) is 12.2. The maximum absolute atomic E-state index is 12.2. The van der Waals surface area contributed by atoms with E-state index >= 15 is 0 Å². The van der Waals surface area contributed by atoms with Gasteiger partial charge in [-0.1, -0.05) is 26.0 Å². The zero-order chi connectivity index (χ0) is 14.5. The van der Waals surface area contributed by atoms with Crippen LogP contribution in [0.4, 0.5) is 0 Å². The smallest absolute Gasteiger partial charge is 0.266 e. The van der Waals surface area contributed by atoms with E-state index < -0.39 is 21.3 Å². The molecule has 2 unspecified atom stereocenters. The maximum Gasteiger partial charge on any atom is 0.266 e. The Morgan fingerprint density at radius 2 is 2.16 bits per heavy atom. The molecule has 0 aliphatic heterocycles. The van der Waals surface area contributed by atoms with Crippen LogP contribution in [0.15, 0.2) is 12.2 Å². The van der Waals surface area contributed by atoms with Gasteiger partial charge in [0.2, 0.25) is 5.91 Å². The van der Waals surface area contributed by atoms with Gasteiger partial charge in [-0.2, -0.15) is 8.42 Å². The summed E-state index contributed by atoms with van der Waals surface area (Å²) in [6, 6.07) is 0. The standard InChI is InChI=1S/C13H23NO4S/c1-11-5-3-4-7-13(2,8-6-11)12(15)14-9-10-19(16,17)18/h3,5,11H,4,6-10H2,1-2H3,(H,14,15)(H,16,17,18)/b5-3+. The zero-order valence-electron chi connectivity index (χ0n) is 11.6. The molecule has 0 fully saturated rings. The summed E-state index contributed by atoms with van der Waals surface area (Å²) in [6.45, 7) is 4.00. The van der Waals surface area contributed by atoms with E-state index in [4.69, 9.17) is 4.55 Å². The summed E-state index contributed by atoms with van der Waals surface area (Å²) in [6.07, 6.45) is 7.62. The molecule has 2 atom stereocenters. The van der Waals surface area contributed by atoms with Crippen LogP contribution in [0.1, 0.15) is 39.5 Å². The first-order chi connectivity index (χ1) is 8.73. The normalized spacial score (nSPS) is 30.2. The van der Waals surface area contributed by atoms with Crippen LogP contribution in [-0.4, -0.2) is 31.2 Å². The van der Waals surface area contributed by atoms with Crippen molar-refractivity contribution in [3.05, 3.63) is 12.2 Å². The monoisotopic (exact) mass is 289 g/mol. The predicted molar refractivity (Wildman–Crippen MR) is 74.3 cm³/mol. The number of carbonyl (C=O) groups excluding carboxylic acids is 1. The summed E-state index contributed by atoms with van der Waals surface area (Å²) in [7, 11) is -4.02. The molecule has 0 heterocycles. The van der Waals surface area contributed by atoms with Crippen molar-refractivity contribution in [2.24, 2.45) is 11.3 Å². The maximum atomic E-state index is 12.2. The van der Waals surface area contributed by atoms with Gasteiger partial charge >= 0.3 is 0 Å². The molecule has 0 aromatic heterocycles. The molecule has 1 aliphatic rings. The first-order valence-corrected chi connectivity index (χ1v) is 8.24. The second kappa shape index (κ2) is 6.52. The van der Waals surface area contributed by atoms with E-state index in [1.54, 1.807) is 0 Å². The van der Waals surface area contributed by atoms with Crippen LogP contribution in [0, 0.1) is 11.3 Å². The molecule has 110 valence electrons. The van der Waals surface area contributed by atoms with E-state index in [1.165, 1.54) is 0 Å². The van der Waals surface area contributed by atoms with E-state index in [9.17, 15) is 13.2 Å². The molecule has 0 bridgehead atoms. The van der Waals surface area contributed by atoms with Crippen LogP contribution in [0.3, 0.4) is 0 Å². The van der Waals surface area contributed by atoms with Crippen molar-refractivity contribution in [2.45, 2.75) is 39.5 Å². The van der Waals surface area contributed by atoms with Gasteiger partial charge in [0, 0.05) is 12.0 Å². The Kier molecular flexibility index (Phi) is 5.55. The second-order valence-electron chi connectivity index (χ2n) is 5.59. The van der Waals surface area contributed by atoms with Gasteiger partial charge < -0.3 is 5.32 Å². The second-order valence-corrected chi connectivity index (χ2v) is 7.16. The highest BCUT2D eigenvalue weighted by molar-refractivity contribution is 7.85. The average Bonchev–Trinajstić information content (AvgIpc) is 2.28. The van der Waals surface area contributed by atoms with E-state index in [-0.39, 0.29) is 12.5 Å². The van der Waals surface area contributed by atoms with Gasteiger partial charge in [-0.05, 0) is 31.6 Å². The Hall–Kier alpha value is -0.880. The van der Waals surface area contributed by atoms with Gasteiger partial charge in [-0.15, -0.1) is 0 Å². The molecule has 0 aromatic carbocycles. The fraction of sp³-hybridized carbons (Fsp3) is 0.769. The Morgan fingerprint density at radius 3 is 2.79 bits per heavy atom. The first kappa shape index (κ1) is 16.2. The Bertz CT molecular complexity index is 444. The number of hydrogen-bond acceptors (Lipinski definition) is 3. The number of hydrogen-bond donors (Lipinski definition) is 2. The highest BCUT2D eigenvalue weighted by Crippen LogP contribution is 2.33. The molecule has 0 aromatic rings. The first-order valence-electron chi connectivity index (χ1n) is 6.63. The van der Waals surface area contributed by atoms with Crippen LogP contribution in [0.5, 0.6) is 0 Å². The van der Waals surface area contributed by atoms with Crippen molar-refractivity contribution in [1.82, 2.24) is 5.32 Å². The lowest BCUT2D eigenvalue weighted by atomic mass is 9.77. The lowest BCUT2D eigenvalue weighted by Gasteiger charge is -2.30. The van der Waals surface area contributed by atoms with Crippen molar-refractivity contribution < 1.29 is 17.8 Å². The molecule has 0 saturated heterocycles. The van der Waals surface area contributed by atoms with Gasteiger partial charge in [0.15, 0.2) is 0 Å². The van der Waals surface area contributed by atoms with Crippen LogP contribution in [0.2, 0.25) is 0 Å². The third-order valence-corrected chi connectivity index (χ3v) is 4.39. The van der Waals surface area contributed by atoms with E-state index in [0.29, 0.717) is 5.92 Å². The molecule has 1 rings (SSSR count). The number of allylic oxidation sites excluding steroid dienone is 2. The summed E-state index contributed by atoms with van der Waals surface area (Å²) >= 11 is 0. The quantitative estimate of drug-likeness (QED) is 0.610. The third-order valence-electron chi connectivity index (χ3n) is 3.67. The molecular weight excluding hydrogens is 266 g/mol. The minimum absolute atomic E-state index is 0.0430. The average molecular weight is 289 g/mol. The van der Waals surface area contributed by atoms with Crippen molar-refractivity contribution in [1.29, 1.82) is 0 Å². The summed E-state index contributed by atoms with van der Waals surface area (Å²) in [5.41, 5.74) is -0.460. The molecule has 19 heavy (non-hydrogen) atoms. The van der Waals surface area contributed by atoms with Crippen molar-refractivity contribution in [2.75, 3.05) is 12.3 Å². The van der Waals surface area contributed by atoms with E-state index in [1.807, 2.05) is 6.92 Å². The lowest BCUT2D eigenvalue weighted by Crippen LogP contribution is -2.41. The zero-order valence-corrected chi connectivity index (χ0v) is 12.4. The highest BCUT2D eigenvalue weighted by Gasteiger charge is 2.32. The Balaban J connectivity index is 2.55. The van der Waals surface area contributed by atoms with Gasteiger partial charge in [0.05, 0.1) is 5.75 Å². The number of rotatable bonds is 4. The highest BCUT2D eigenvalue weighted by atomic mass is 32.2. The summed E-state index contributed by atoms with van der Waals surface area (Å²) in [5.74, 6) is -0.102. The fourth-order valence-electron chi connectivity index (χ4n) is 2.23. The van der Waals surface area contributed by atoms with E-state index in [0.717, 1.165) is 25.7 Å². The van der Waals surface area contributed by atoms with Gasteiger partial charge in [-0.25, -0.2) is 0 Å². The molecule has 0 radical (unpaired) electrons. The minimum Gasteiger partial charge on any atom is -0.355 e. The summed E-state index contributed by atoms with van der Waals surface area (Å²) < 4.78 is 29.8. The SMILES string of the molecule is CC1/C=C/CCC(C)(C(=O)NCCS(=O)(=O)O)CC1. The van der Waals surface area contributed by atoms with Crippen molar-refractivity contribution in [3.8, 4) is 0 Å². The summed E-state index contributed by atoms with van der Waals surface area (Å²) in [5, 5.41) is 2.61. The molecule has 6 heteroatoms. The number of carbonyl (C=O) groups is 1. The van der Waals surface area contributed by atoms with Crippen molar-refractivity contribution in [3.63, 3.8) is 0 Å². The largest absolute Gasteiger partial charge is 0.355 e. The molecule has 1 aliphatic carbocycles. The molecule has 5 nitrogen and oxygen atoms in total. The van der Waals surface area contributed by atoms with Crippen molar-refractivity contribution >= 4 is 16.0 Å². The molecule has 1 amide bonds. The number of amides is 1. The lowest BCUT2D eigenvalue weighted by molar-refractivity contribution is -0.131. The molecule has 0 saturated carbocycles. The predicted octanol–water partition coefficient (Wildman–Crippen LogP) is 1.76. The van der Waals surface area contributed by atoms with E-state index in [2.05, 4.69) is 24.4 Å². The van der Waals surface area contributed by atoms with Crippen LogP contribution < -0.4 is 5.32 Å². The third kappa shape index (κ3) is 5.74. The van der Waals surface area contributed by atoms with Gasteiger partial charge in [-0.3, -0.25) is 9.35 Å². The Morgan fingerprint density at radius 1 is 1.47 bits per heavy atom. The Labute approximate surface area is 115 Å². The molecule has 2 N–H and O–H groups in total. The minimum atomic E-state index is -4.02. The molecular formula is C13H23NO4S. The van der Waals surface area contributed by atoms with Gasteiger partial charge in [0.1, 0.15) is 0 Å². The fourth-order valence-corrected chi connectivity index (χ4v) is 2.59. The van der Waals surface area contributed by atoms with Gasteiger partial charge in [0.25, 0.3) is 10.1 Å². The topological polar surface area (TPSA) is 83.5 Å². The van der Waals surface area contributed by atoms with Crippen LogP contribution in [0.25, 0.3) is 0 Å².